The van der Waals surface area contributed by atoms with Crippen molar-refractivity contribution in [1.82, 2.24) is 0 Å². The van der Waals surface area contributed by atoms with Gasteiger partial charge in [0.1, 0.15) is 11.5 Å². The third-order valence-corrected chi connectivity index (χ3v) is 4.29. The fourth-order valence-corrected chi connectivity index (χ4v) is 2.76. The van der Waals surface area contributed by atoms with E-state index in [9.17, 15) is 9.90 Å². The van der Waals surface area contributed by atoms with E-state index in [0.29, 0.717) is 11.4 Å². The van der Waals surface area contributed by atoms with Crippen LogP contribution >= 0.6 is 12.2 Å². The summed E-state index contributed by atoms with van der Waals surface area (Å²) in [6, 6.07) is 21.3. The van der Waals surface area contributed by atoms with Crippen molar-refractivity contribution in [2.75, 3.05) is 0 Å². The number of benzene rings is 3. The zero-order valence-corrected chi connectivity index (χ0v) is 15.4. The van der Waals surface area contributed by atoms with E-state index in [-0.39, 0.29) is 11.7 Å². The number of carbonyl (C=O) groups excluding carboxylic acids is 1. The lowest BCUT2D eigenvalue weighted by Gasteiger charge is -2.14. The summed E-state index contributed by atoms with van der Waals surface area (Å²) in [5, 5.41) is 11.8. The molecule has 3 aromatic rings. The van der Waals surface area contributed by atoms with E-state index in [1.54, 1.807) is 49.4 Å². The number of para-hydroxylation sites is 1. The molecule has 0 radical (unpaired) electrons. The first-order valence-corrected chi connectivity index (χ1v) is 8.77. The van der Waals surface area contributed by atoms with E-state index >= 15 is 0 Å². The van der Waals surface area contributed by atoms with Crippen LogP contribution in [-0.4, -0.2) is 16.2 Å². The SMILES string of the molecule is CC(C(=O)Oc1ccccc1-c1ccc(O)cc1)c1ccc(N=C=S)cc1. The van der Waals surface area contributed by atoms with Crippen LogP contribution in [0.5, 0.6) is 11.5 Å². The van der Waals surface area contributed by atoms with Crippen LogP contribution in [0.2, 0.25) is 0 Å². The maximum atomic E-state index is 12.6. The predicted octanol–water partition coefficient (Wildman–Crippen LogP) is 5.50. The summed E-state index contributed by atoms with van der Waals surface area (Å²) in [5.41, 5.74) is 3.15. The number of rotatable bonds is 5. The first-order chi connectivity index (χ1) is 13.1. The number of aliphatic imine (C=N–C) groups is 1. The number of hydrogen-bond acceptors (Lipinski definition) is 5. The highest BCUT2D eigenvalue weighted by Gasteiger charge is 2.19. The largest absolute Gasteiger partial charge is 0.508 e. The summed E-state index contributed by atoms with van der Waals surface area (Å²) >= 11 is 4.59. The number of thiocarbonyl (C=S) groups is 1. The van der Waals surface area contributed by atoms with Crippen LogP contribution in [0.4, 0.5) is 5.69 Å². The highest BCUT2D eigenvalue weighted by atomic mass is 32.1. The Morgan fingerprint density at radius 3 is 2.37 bits per heavy atom. The Bertz CT molecular complexity index is 991. The lowest BCUT2D eigenvalue weighted by Crippen LogP contribution is -2.16. The van der Waals surface area contributed by atoms with Gasteiger partial charge in [-0.25, -0.2) is 0 Å². The molecule has 0 aliphatic heterocycles. The summed E-state index contributed by atoms with van der Waals surface area (Å²) < 4.78 is 5.67. The molecule has 0 fully saturated rings. The highest BCUT2D eigenvalue weighted by molar-refractivity contribution is 7.78. The number of carbonyl (C=O) groups is 1. The molecular formula is C22H17NO3S. The second-order valence-electron chi connectivity index (χ2n) is 5.98. The normalized spacial score (nSPS) is 11.3. The van der Waals surface area contributed by atoms with Gasteiger partial charge in [0.25, 0.3) is 0 Å². The Balaban J connectivity index is 1.81. The van der Waals surface area contributed by atoms with Gasteiger partial charge in [-0.1, -0.05) is 42.5 Å². The van der Waals surface area contributed by atoms with E-state index in [4.69, 9.17) is 4.74 Å². The second kappa shape index (κ2) is 8.41. The Hall–Kier alpha value is -3.27. The average molecular weight is 375 g/mol. The molecule has 0 saturated heterocycles. The molecule has 3 aromatic carbocycles. The zero-order valence-electron chi connectivity index (χ0n) is 14.6. The Morgan fingerprint density at radius 2 is 1.70 bits per heavy atom. The fourth-order valence-electron chi connectivity index (χ4n) is 2.66. The van der Waals surface area contributed by atoms with Crippen molar-refractivity contribution >= 4 is 29.0 Å². The number of phenols is 1. The van der Waals surface area contributed by atoms with Gasteiger partial charge in [0.2, 0.25) is 0 Å². The van der Waals surface area contributed by atoms with Crippen LogP contribution in [0.25, 0.3) is 11.1 Å². The van der Waals surface area contributed by atoms with Crippen LogP contribution in [0, 0.1) is 0 Å². The number of phenolic OH excluding ortho intramolecular Hbond substituents is 1. The first kappa shape index (κ1) is 18.5. The van der Waals surface area contributed by atoms with Gasteiger partial charge in [-0.05, 0) is 60.6 Å². The summed E-state index contributed by atoms with van der Waals surface area (Å²) in [6.45, 7) is 1.79. The van der Waals surface area contributed by atoms with Gasteiger partial charge in [-0.2, -0.15) is 4.99 Å². The van der Waals surface area contributed by atoms with Crippen LogP contribution < -0.4 is 4.74 Å². The lowest BCUT2D eigenvalue weighted by atomic mass is 10.0. The minimum Gasteiger partial charge on any atom is -0.508 e. The topological polar surface area (TPSA) is 58.9 Å². The van der Waals surface area contributed by atoms with Crippen LogP contribution in [0.1, 0.15) is 18.4 Å². The summed E-state index contributed by atoms with van der Waals surface area (Å²) in [6.07, 6.45) is 0. The van der Waals surface area contributed by atoms with Crippen molar-refractivity contribution in [3.05, 3.63) is 78.4 Å². The van der Waals surface area contributed by atoms with Gasteiger partial charge in [-0.15, -0.1) is 0 Å². The van der Waals surface area contributed by atoms with Crippen LogP contribution in [0.3, 0.4) is 0 Å². The smallest absolute Gasteiger partial charge is 0.318 e. The monoisotopic (exact) mass is 375 g/mol. The third-order valence-electron chi connectivity index (χ3n) is 4.20. The first-order valence-electron chi connectivity index (χ1n) is 8.36. The Kier molecular flexibility index (Phi) is 5.77. The molecule has 5 heteroatoms. The van der Waals surface area contributed by atoms with Crippen molar-refractivity contribution in [1.29, 1.82) is 0 Å². The Morgan fingerprint density at radius 1 is 1.04 bits per heavy atom. The molecule has 27 heavy (non-hydrogen) atoms. The van der Waals surface area contributed by atoms with Gasteiger partial charge in [-0.3, -0.25) is 4.79 Å². The molecule has 1 unspecified atom stereocenters. The van der Waals surface area contributed by atoms with Gasteiger partial charge in [0.15, 0.2) is 0 Å². The molecule has 0 aliphatic rings. The number of isothiocyanates is 1. The van der Waals surface area contributed by atoms with Crippen molar-refractivity contribution in [3.8, 4) is 22.6 Å². The molecule has 0 bridgehead atoms. The van der Waals surface area contributed by atoms with Gasteiger partial charge >= 0.3 is 5.97 Å². The van der Waals surface area contributed by atoms with E-state index in [0.717, 1.165) is 16.7 Å². The maximum absolute atomic E-state index is 12.6. The molecule has 0 heterocycles. The quantitative estimate of drug-likeness (QED) is 0.277. The van der Waals surface area contributed by atoms with E-state index in [1.807, 2.05) is 30.3 Å². The second-order valence-corrected chi connectivity index (χ2v) is 6.16. The van der Waals surface area contributed by atoms with Crippen LogP contribution in [0.15, 0.2) is 77.8 Å². The molecule has 0 saturated carbocycles. The number of nitrogens with zero attached hydrogens (tertiary/aromatic N) is 1. The van der Waals surface area contributed by atoms with Crippen molar-refractivity contribution in [2.24, 2.45) is 4.99 Å². The van der Waals surface area contributed by atoms with Crippen LogP contribution in [-0.2, 0) is 4.79 Å². The lowest BCUT2D eigenvalue weighted by molar-refractivity contribution is -0.135. The number of hydrogen-bond donors (Lipinski definition) is 1. The van der Waals surface area contributed by atoms with Crippen molar-refractivity contribution < 1.29 is 14.6 Å². The minimum atomic E-state index is -0.441. The van der Waals surface area contributed by atoms with E-state index in [1.165, 1.54) is 0 Å². The Labute approximate surface area is 162 Å². The number of aromatic hydroxyl groups is 1. The van der Waals surface area contributed by atoms with E-state index < -0.39 is 5.92 Å². The average Bonchev–Trinajstić information content (AvgIpc) is 2.69. The molecule has 1 atom stereocenters. The van der Waals surface area contributed by atoms with Crippen molar-refractivity contribution in [2.45, 2.75) is 12.8 Å². The zero-order chi connectivity index (χ0) is 19.2. The number of ether oxygens (including phenoxy) is 1. The molecule has 0 aromatic heterocycles. The molecule has 0 spiro atoms. The predicted molar refractivity (Wildman–Crippen MR) is 109 cm³/mol. The molecule has 0 aliphatic carbocycles. The summed E-state index contributed by atoms with van der Waals surface area (Å²) in [7, 11) is 0. The molecule has 1 N–H and O–H groups in total. The van der Waals surface area contributed by atoms with Gasteiger partial charge in [0, 0.05) is 5.56 Å². The highest BCUT2D eigenvalue weighted by Crippen LogP contribution is 2.32. The standard InChI is InChI=1S/C22H17NO3S/c1-15(16-6-10-18(11-7-16)23-14-27)22(25)26-21-5-3-2-4-20(21)17-8-12-19(24)13-9-17/h2-13,15,24H,1H3. The minimum absolute atomic E-state index is 0.184. The van der Waals surface area contributed by atoms with Crippen molar-refractivity contribution in [3.63, 3.8) is 0 Å². The molecular weight excluding hydrogens is 358 g/mol. The molecule has 134 valence electrons. The maximum Gasteiger partial charge on any atom is 0.318 e. The molecule has 4 nitrogen and oxygen atoms in total. The summed E-state index contributed by atoms with van der Waals surface area (Å²) in [4.78, 5) is 16.5. The molecule has 3 rings (SSSR count). The fraction of sp³-hybridized carbons (Fsp3) is 0.0909. The molecule has 0 amide bonds. The number of esters is 1. The van der Waals surface area contributed by atoms with Gasteiger partial charge in [0.05, 0.1) is 16.8 Å². The van der Waals surface area contributed by atoms with Gasteiger partial charge < -0.3 is 9.84 Å². The third kappa shape index (κ3) is 4.47. The summed E-state index contributed by atoms with van der Waals surface area (Å²) in [5.74, 6) is -0.138. The van der Waals surface area contributed by atoms with E-state index in [2.05, 4.69) is 22.4 Å².